The Labute approximate surface area is 217 Å². The molecule has 0 radical (unpaired) electrons. The van der Waals surface area contributed by atoms with Gasteiger partial charge in [0.15, 0.2) is 0 Å². The van der Waals surface area contributed by atoms with Gasteiger partial charge in [-0.05, 0) is 32.6 Å². The zero-order valence-corrected chi connectivity index (χ0v) is 24.2. The van der Waals surface area contributed by atoms with Crippen molar-refractivity contribution in [1.29, 1.82) is 0 Å². The van der Waals surface area contributed by atoms with Gasteiger partial charge in [-0.3, -0.25) is 0 Å². The molecule has 0 amide bonds. The molecule has 0 bridgehead atoms. The highest BCUT2D eigenvalue weighted by atomic mass is 31.2. The highest BCUT2D eigenvalue weighted by Crippen LogP contribution is 2.62. The summed E-state index contributed by atoms with van der Waals surface area (Å²) in [4.78, 5) is 0. The van der Waals surface area contributed by atoms with Gasteiger partial charge < -0.3 is 9.13 Å². The minimum Gasteiger partial charge on any atom is -0.314 e. The van der Waals surface area contributed by atoms with E-state index >= 15 is 9.13 Å². The molecule has 0 N–H and O–H groups in total. The molecule has 1 aliphatic carbocycles. The molecule has 0 fully saturated rings. The van der Waals surface area contributed by atoms with Gasteiger partial charge in [0.25, 0.3) is 0 Å². The van der Waals surface area contributed by atoms with Gasteiger partial charge in [-0.15, -0.1) is 0 Å². The third kappa shape index (κ3) is 5.32. The predicted molar refractivity (Wildman–Crippen MR) is 158 cm³/mol. The summed E-state index contributed by atoms with van der Waals surface area (Å²) in [6, 6.07) is 24.1. The zero-order chi connectivity index (χ0) is 26.1. The van der Waals surface area contributed by atoms with Crippen LogP contribution in [0.1, 0.15) is 43.9 Å². The van der Waals surface area contributed by atoms with E-state index in [9.17, 15) is 0 Å². The lowest BCUT2D eigenvalue weighted by Gasteiger charge is -2.33. The molecule has 3 aromatic carbocycles. The van der Waals surface area contributed by atoms with Gasteiger partial charge in [0, 0.05) is 33.0 Å². The van der Waals surface area contributed by atoms with E-state index in [1.54, 1.807) is 0 Å². The molecule has 2 nitrogen and oxygen atoms in total. The molecule has 0 spiro atoms. The molecule has 4 rings (SSSR count). The first-order valence-corrected chi connectivity index (χ1v) is 16.4. The van der Waals surface area contributed by atoms with Crippen LogP contribution in [0.3, 0.4) is 0 Å². The van der Waals surface area contributed by atoms with Crippen molar-refractivity contribution in [1.82, 2.24) is 0 Å². The van der Waals surface area contributed by atoms with E-state index in [4.69, 9.17) is 0 Å². The SMILES string of the molecule is Cc1ccc(P(=O)(C[C@@H](C)P(=O)(C2=CCC(C)(C)C=C2)c2ccc(C)cc2)c2ccc(C)cc2)cc1. The molecular formula is C32H38O2P2. The molecule has 188 valence electrons. The molecule has 4 heteroatoms. The van der Waals surface area contributed by atoms with Crippen LogP contribution in [0.5, 0.6) is 0 Å². The van der Waals surface area contributed by atoms with Crippen LogP contribution < -0.4 is 15.9 Å². The average molecular weight is 517 g/mol. The minimum absolute atomic E-state index is 0.0456. The van der Waals surface area contributed by atoms with Gasteiger partial charge in [0.2, 0.25) is 0 Å². The number of allylic oxidation sites excluding steroid dienone is 4. The maximum atomic E-state index is 15.2. The van der Waals surface area contributed by atoms with Crippen molar-refractivity contribution in [2.24, 2.45) is 5.41 Å². The third-order valence-corrected chi connectivity index (χ3v) is 14.6. The van der Waals surface area contributed by atoms with Gasteiger partial charge in [-0.2, -0.15) is 0 Å². The van der Waals surface area contributed by atoms with Crippen molar-refractivity contribution in [3.63, 3.8) is 0 Å². The van der Waals surface area contributed by atoms with Crippen molar-refractivity contribution in [2.45, 2.75) is 53.6 Å². The fourth-order valence-electron chi connectivity index (χ4n) is 4.90. The van der Waals surface area contributed by atoms with Crippen LogP contribution in [0.25, 0.3) is 0 Å². The number of hydrogen-bond acceptors (Lipinski definition) is 2. The van der Waals surface area contributed by atoms with Crippen LogP contribution >= 0.6 is 14.3 Å². The summed E-state index contributed by atoms with van der Waals surface area (Å²) in [5, 5.41) is 3.38. The first-order valence-electron chi connectivity index (χ1n) is 12.7. The molecule has 3 aromatic rings. The van der Waals surface area contributed by atoms with Gasteiger partial charge in [-0.1, -0.05) is 128 Å². The van der Waals surface area contributed by atoms with E-state index < -0.39 is 14.3 Å². The Bertz CT molecular complexity index is 1330. The largest absolute Gasteiger partial charge is 0.314 e. The topological polar surface area (TPSA) is 34.1 Å². The molecule has 2 atom stereocenters. The van der Waals surface area contributed by atoms with Gasteiger partial charge >= 0.3 is 0 Å². The summed E-state index contributed by atoms with van der Waals surface area (Å²) in [5.74, 6) is 0. The summed E-state index contributed by atoms with van der Waals surface area (Å²) < 4.78 is 30.2. The lowest BCUT2D eigenvalue weighted by atomic mass is 9.86. The van der Waals surface area contributed by atoms with Crippen molar-refractivity contribution < 1.29 is 9.13 Å². The number of aryl methyl sites for hydroxylation is 3. The molecule has 1 unspecified atom stereocenters. The van der Waals surface area contributed by atoms with Crippen LogP contribution in [0.4, 0.5) is 0 Å². The lowest BCUT2D eigenvalue weighted by Crippen LogP contribution is -2.27. The normalized spacial score (nSPS) is 17.8. The van der Waals surface area contributed by atoms with Gasteiger partial charge in [0.05, 0.1) is 0 Å². The summed E-state index contributed by atoms with van der Waals surface area (Å²) >= 11 is 0. The number of benzene rings is 3. The Kier molecular flexibility index (Phi) is 7.52. The minimum atomic E-state index is -3.07. The first kappa shape index (κ1) is 26.7. The smallest absolute Gasteiger partial charge is 0.146 e. The highest BCUT2D eigenvalue weighted by molar-refractivity contribution is 7.81. The summed E-state index contributed by atoms with van der Waals surface area (Å²) in [6.07, 6.45) is 7.58. The molecule has 0 aromatic heterocycles. The van der Waals surface area contributed by atoms with Crippen molar-refractivity contribution in [3.8, 4) is 0 Å². The second kappa shape index (κ2) is 10.2. The fourth-order valence-corrected chi connectivity index (χ4v) is 11.8. The summed E-state index contributed by atoms with van der Waals surface area (Å²) in [7, 11) is -6.12. The molecule has 36 heavy (non-hydrogen) atoms. The Morgan fingerprint density at radius 2 is 1.14 bits per heavy atom. The molecule has 1 aliphatic rings. The second-order valence-electron chi connectivity index (χ2n) is 11.1. The first-order chi connectivity index (χ1) is 16.9. The van der Waals surface area contributed by atoms with Crippen molar-refractivity contribution in [3.05, 3.63) is 113 Å². The Morgan fingerprint density at radius 3 is 1.53 bits per heavy atom. The quantitative estimate of drug-likeness (QED) is 0.300. The van der Waals surface area contributed by atoms with E-state index in [-0.39, 0.29) is 11.1 Å². The summed E-state index contributed by atoms with van der Waals surface area (Å²) in [6.45, 7) is 12.5. The Morgan fingerprint density at radius 1 is 0.722 bits per heavy atom. The maximum absolute atomic E-state index is 15.2. The highest BCUT2D eigenvalue weighted by Gasteiger charge is 2.41. The Hall–Kier alpha value is -2.40. The van der Waals surface area contributed by atoms with Gasteiger partial charge in [0.1, 0.15) is 14.3 Å². The van der Waals surface area contributed by atoms with Crippen LogP contribution in [0, 0.1) is 26.2 Å². The van der Waals surface area contributed by atoms with Gasteiger partial charge in [-0.25, -0.2) is 0 Å². The maximum Gasteiger partial charge on any atom is 0.146 e. The molecule has 0 aliphatic heterocycles. The third-order valence-electron chi connectivity index (χ3n) is 7.39. The second-order valence-corrected chi connectivity index (χ2v) is 17.2. The zero-order valence-electron chi connectivity index (χ0n) is 22.4. The standard InChI is InChI=1S/C32H38O2P2/c1-24-7-13-28(14-8-24)35(33,29-15-9-25(2)10-16-29)23-27(4)36(34,30-17-11-26(3)12-18-30)31-19-21-32(5,6)22-20-31/h7-21,27H,22-23H2,1-6H3/t27-,36?/m1/s1. The molecule has 0 saturated heterocycles. The van der Waals surface area contributed by atoms with E-state index in [1.165, 1.54) is 0 Å². The Balaban J connectivity index is 1.84. The average Bonchev–Trinajstić information content (AvgIpc) is 2.84. The number of rotatable bonds is 7. The molecule has 0 saturated carbocycles. The number of hydrogen-bond donors (Lipinski definition) is 0. The predicted octanol–water partition coefficient (Wildman–Crippen LogP) is 7.87. The van der Waals surface area contributed by atoms with Crippen LogP contribution in [0.2, 0.25) is 0 Å². The van der Waals surface area contributed by atoms with Crippen LogP contribution in [-0.4, -0.2) is 11.8 Å². The monoisotopic (exact) mass is 516 g/mol. The van der Waals surface area contributed by atoms with E-state index in [0.29, 0.717) is 6.16 Å². The van der Waals surface area contributed by atoms with Crippen LogP contribution in [0.15, 0.2) is 96.3 Å². The van der Waals surface area contributed by atoms with Crippen molar-refractivity contribution >= 4 is 30.2 Å². The fraction of sp³-hybridized carbons (Fsp3) is 0.312. The lowest BCUT2D eigenvalue weighted by molar-refractivity contribution is 0.483. The molecule has 0 heterocycles. The van der Waals surface area contributed by atoms with Crippen LogP contribution in [-0.2, 0) is 9.13 Å². The summed E-state index contributed by atoms with van der Waals surface area (Å²) in [5.41, 5.74) is 3.15. The van der Waals surface area contributed by atoms with E-state index in [0.717, 1.165) is 44.3 Å². The molecular weight excluding hydrogens is 478 g/mol. The van der Waals surface area contributed by atoms with E-state index in [2.05, 4.69) is 32.1 Å². The van der Waals surface area contributed by atoms with Crippen molar-refractivity contribution in [2.75, 3.05) is 6.16 Å². The van der Waals surface area contributed by atoms with E-state index in [1.807, 2.05) is 100 Å².